The van der Waals surface area contributed by atoms with E-state index in [9.17, 15) is 19.2 Å². The number of aromatic nitrogens is 3. The second-order valence-corrected chi connectivity index (χ2v) is 17.9. The second kappa shape index (κ2) is 21.2. The van der Waals surface area contributed by atoms with Crippen molar-refractivity contribution in [1.29, 1.82) is 0 Å². The number of nitrogens with zero attached hydrogens (tertiary/aromatic N) is 5. The molecule has 14 nitrogen and oxygen atoms in total. The van der Waals surface area contributed by atoms with E-state index in [1.807, 2.05) is 72.7 Å². The van der Waals surface area contributed by atoms with Crippen molar-refractivity contribution in [2.24, 2.45) is 0 Å². The van der Waals surface area contributed by atoms with Crippen LogP contribution in [0.2, 0.25) is 5.02 Å². The highest BCUT2D eigenvalue weighted by molar-refractivity contribution is 6.33. The Kier molecular flexibility index (Phi) is 14.8. The molecule has 2 saturated heterocycles. The number of rotatable bonds is 20. The number of nitrogens with one attached hydrogen (secondary N) is 4. The molecule has 1 unspecified atom stereocenters. The minimum atomic E-state index is -0.606. The molecule has 5 aromatic rings. The van der Waals surface area contributed by atoms with Gasteiger partial charge in [-0.15, -0.1) is 0 Å². The third-order valence-corrected chi connectivity index (χ3v) is 13.5. The van der Waals surface area contributed by atoms with Crippen molar-refractivity contribution in [3.63, 3.8) is 0 Å². The van der Waals surface area contributed by atoms with E-state index < -0.39 is 6.04 Å². The first kappa shape index (κ1) is 45.4. The maximum atomic E-state index is 13.2. The van der Waals surface area contributed by atoms with Gasteiger partial charge >= 0.3 is 0 Å². The van der Waals surface area contributed by atoms with E-state index in [-0.39, 0.29) is 36.1 Å². The maximum Gasteiger partial charge on any atom is 0.255 e. The first-order valence-electron chi connectivity index (χ1n) is 23.2. The topological polar surface area (TPSA) is 165 Å². The van der Waals surface area contributed by atoms with Gasteiger partial charge in [0.1, 0.15) is 11.8 Å². The lowest BCUT2D eigenvalue weighted by atomic mass is 10.0. The van der Waals surface area contributed by atoms with Gasteiger partial charge in [-0.1, -0.05) is 80.8 Å². The molecule has 0 spiro atoms. The van der Waals surface area contributed by atoms with Gasteiger partial charge in [0.2, 0.25) is 23.7 Å². The maximum absolute atomic E-state index is 13.2. The predicted octanol–water partition coefficient (Wildman–Crippen LogP) is 9.23. The van der Waals surface area contributed by atoms with E-state index in [0.29, 0.717) is 47.4 Å². The number of carbonyl (C=O) groups excluding carboxylic acids is 4. The first-order chi connectivity index (χ1) is 31.7. The van der Waals surface area contributed by atoms with Crippen LogP contribution in [-0.2, 0) is 20.9 Å². The minimum absolute atomic E-state index is 0.148. The number of H-pyrrole nitrogens is 1. The van der Waals surface area contributed by atoms with Gasteiger partial charge in [0, 0.05) is 103 Å². The number of fused-ring (bicyclic) bond motifs is 2. The molecule has 1 atom stereocenters. The van der Waals surface area contributed by atoms with E-state index in [4.69, 9.17) is 21.3 Å². The van der Waals surface area contributed by atoms with Gasteiger partial charge < -0.3 is 35.1 Å². The Bertz CT molecular complexity index is 2500. The zero-order valence-electron chi connectivity index (χ0n) is 37.5. The molecule has 3 aliphatic rings. The average Bonchev–Trinajstić information content (AvgIpc) is 3.91. The van der Waals surface area contributed by atoms with Crippen LogP contribution >= 0.6 is 11.6 Å². The summed E-state index contributed by atoms with van der Waals surface area (Å²) in [6.45, 7) is 2.91. The number of para-hydroxylation sites is 1. The van der Waals surface area contributed by atoms with Crippen LogP contribution in [0.5, 0.6) is 5.75 Å². The molecule has 2 aromatic heterocycles. The summed E-state index contributed by atoms with van der Waals surface area (Å²) >= 11 is 6.57. The highest BCUT2D eigenvalue weighted by Gasteiger charge is 2.40. The highest BCUT2D eigenvalue weighted by Crippen LogP contribution is 2.36. The molecule has 4 amide bonds. The molecule has 0 radical (unpaired) electrons. The normalized spacial score (nSPS) is 16.5. The molecule has 15 heteroatoms. The lowest BCUT2D eigenvalue weighted by molar-refractivity contribution is -0.137. The summed E-state index contributed by atoms with van der Waals surface area (Å²) in [4.78, 5) is 68.7. The van der Waals surface area contributed by atoms with Crippen LogP contribution in [0.1, 0.15) is 106 Å². The van der Waals surface area contributed by atoms with Crippen molar-refractivity contribution in [2.45, 2.75) is 109 Å². The number of benzene rings is 3. The number of hydrogen-bond acceptors (Lipinski definition) is 10. The van der Waals surface area contributed by atoms with Crippen molar-refractivity contribution in [2.75, 3.05) is 49.3 Å². The summed E-state index contributed by atoms with van der Waals surface area (Å²) in [5, 5.41) is 10.7. The van der Waals surface area contributed by atoms with E-state index in [0.717, 1.165) is 104 Å². The molecule has 342 valence electrons. The molecular formula is C50H60ClN9O5. The van der Waals surface area contributed by atoms with Gasteiger partial charge in [-0.25, -0.2) is 9.97 Å². The van der Waals surface area contributed by atoms with Crippen LogP contribution in [0, 0.1) is 0 Å². The molecule has 0 bridgehead atoms. The quantitative estimate of drug-likeness (QED) is 0.0437. The number of methoxy groups -OCH3 is 1. The number of imide groups is 1. The van der Waals surface area contributed by atoms with Crippen molar-refractivity contribution in [3.05, 3.63) is 89.2 Å². The first-order valence-corrected chi connectivity index (χ1v) is 23.6. The van der Waals surface area contributed by atoms with Crippen LogP contribution in [0.15, 0.2) is 73.1 Å². The number of anilines is 4. The number of halogens is 1. The van der Waals surface area contributed by atoms with Crippen molar-refractivity contribution < 1.29 is 23.9 Å². The summed E-state index contributed by atoms with van der Waals surface area (Å²) in [6.07, 6.45) is 16.7. The standard InChI is InChI=1S/C50H60ClN9O5/c1-58(46(62)19-10-8-6-4-3-5-7-9-13-26-52-41-18-14-16-36-38(41)32-60(49(36)64)43-22-23-45(61)56-48(43)63)33-24-27-59(28-25-33)34-20-21-42(44(29-34)65-2)55-50-54-31-39(51)47(57-50)37-30-53-40-17-12-11-15-35(37)40/h11-12,14-18,20-21,29-31,33,43,52-53H,3-10,13,19,22-28,32H2,1-2H3,(H,54,55,57)(H,56,61,63). The van der Waals surface area contributed by atoms with Gasteiger partial charge in [-0.3, -0.25) is 24.5 Å². The number of ether oxygens (including phenoxy) is 1. The second-order valence-electron chi connectivity index (χ2n) is 17.5. The lowest BCUT2D eigenvalue weighted by Crippen LogP contribution is -2.52. The SMILES string of the molecule is COc1cc(N2CCC(N(C)C(=O)CCCCCCCCCCCNc3cccc4c3CN(C3CCC(=O)NC3=O)C4=O)CC2)ccc1Nc1ncc(Cl)c(-c2c[nH]c3ccccc23)n1. The number of piperidine rings is 2. The van der Waals surface area contributed by atoms with E-state index in [1.165, 1.54) is 25.7 Å². The van der Waals surface area contributed by atoms with Gasteiger partial charge in [0.05, 0.1) is 29.7 Å². The third-order valence-electron chi connectivity index (χ3n) is 13.3. The van der Waals surface area contributed by atoms with Gasteiger partial charge in [0.15, 0.2) is 0 Å². The third kappa shape index (κ3) is 10.7. The van der Waals surface area contributed by atoms with Gasteiger partial charge in [-0.05, 0) is 62.4 Å². The van der Waals surface area contributed by atoms with Crippen LogP contribution in [-0.4, -0.2) is 94.3 Å². The van der Waals surface area contributed by atoms with Crippen LogP contribution < -0.4 is 25.6 Å². The Morgan fingerprint density at radius 2 is 1.65 bits per heavy atom. The molecular weight excluding hydrogens is 842 g/mol. The van der Waals surface area contributed by atoms with E-state index in [2.05, 4.69) is 36.9 Å². The van der Waals surface area contributed by atoms with Gasteiger partial charge in [-0.2, -0.15) is 0 Å². The predicted molar refractivity (Wildman–Crippen MR) is 256 cm³/mol. The summed E-state index contributed by atoms with van der Waals surface area (Å²) < 4.78 is 5.81. The van der Waals surface area contributed by atoms with Crippen molar-refractivity contribution >= 4 is 69.1 Å². The van der Waals surface area contributed by atoms with E-state index in [1.54, 1.807) is 18.2 Å². The van der Waals surface area contributed by atoms with Crippen LogP contribution in [0.3, 0.4) is 0 Å². The molecule has 3 aliphatic heterocycles. The molecule has 5 heterocycles. The molecule has 0 aliphatic carbocycles. The molecule has 65 heavy (non-hydrogen) atoms. The summed E-state index contributed by atoms with van der Waals surface area (Å²) in [7, 11) is 3.63. The smallest absolute Gasteiger partial charge is 0.255 e. The van der Waals surface area contributed by atoms with Crippen LogP contribution in [0.25, 0.3) is 22.2 Å². The fraction of sp³-hybridized carbons (Fsp3) is 0.440. The fourth-order valence-electron chi connectivity index (χ4n) is 9.49. The zero-order valence-corrected chi connectivity index (χ0v) is 38.2. The van der Waals surface area contributed by atoms with Crippen molar-refractivity contribution in [3.8, 4) is 17.0 Å². The summed E-state index contributed by atoms with van der Waals surface area (Å²) in [6, 6.07) is 19.5. The Balaban J connectivity index is 0.686. The minimum Gasteiger partial charge on any atom is -0.494 e. The highest BCUT2D eigenvalue weighted by atomic mass is 35.5. The van der Waals surface area contributed by atoms with Crippen molar-refractivity contribution in [1.82, 2.24) is 30.1 Å². The average molecular weight is 903 g/mol. The number of unbranched alkanes of at least 4 members (excludes halogenated alkanes) is 8. The van der Waals surface area contributed by atoms with E-state index >= 15 is 0 Å². The zero-order chi connectivity index (χ0) is 45.3. The van der Waals surface area contributed by atoms with Gasteiger partial charge in [0.25, 0.3) is 5.91 Å². The monoisotopic (exact) mass is 901 g/mol. The summed E-state index contributed by atoms with van der Waals surface area (Å²) in [5.74, 6) is 0.526. The number of hydrogen-bond donors (Lipinski definition) is 4. The Labute approximate surface area is 385 Å². The summed E-state index contributed by atoms with van der Waals surface area (Å²) in [5.41, 5.74) is 6.88. The fourth-order valence-corrected chi connectivity index (χ4v) is 9.68. The number of amides is 4. The lowest BCUT2D eigenvalue weighted by Gasteiger charge is -2.38. The molecule has 3 aromatic carbocycles. The number of aromatic amines is 1. The Hall–Kier alpha value is -6.15. The van der Waals surface area contributed by atoms with Crippen LogP contribution in [0.4, 0.5) is 23.0 Å². The number of carbonyl (C=O) groups is 4. The largest absolute Gasteiger partial charge is 0.494 e. The molecule has 4 N–H and O–H groups in total. The molecule has 8 rings (SSSR count). The Morgan fingerprint density at radius 1 is 0.892 bits per heavy atom. The molecule has 0 saturated carbocycles. The Morgan fingerprint density at radius 3 is 2.42 bits per heavy atom. The molecule has 2 fully saturated rings.